The standard InChI is InChI=1S/C24H28FNO4/c1-14-10-22(30-13-23(27)28)16(3)21-11-18(6-9-20(14)21)15(2)24(29)26-12-17-4-7-19(25)8-5-17/h4-5,7-8,10,15,18H,6,9,11-13H2,1-3H3,(H,26,29)(H,27,28)/t15-,18+/m0/s1. The molecular weight excluding hydrogens is 385 g/mol. The summed E-state index contributed by atoms with van der Waals surface area (Å²) in [5, 5.41) is 11.9. The van der Waals surface area contributed by atoms with Gasteiger partial charge in [0.1, 0.15) is 11.6 Å². The second-order valence-corrected chi connectivity index (χ2v) is 8.09. The van der Waals surface area contributed by atoms with Gasteiger partial charge in [-0.1, -0.05) is 19.1 Å². The van der Waals surface area contributed by atoms with E-state index in [-0.39, 0.29) is 30.2 Å². The molecule has 0 saturated heterocycles. The van der Waals surface area contributed by atoms with Crippen LogP contribution in [0.4, 0.5) is 4.39 Å². The zero-order valence-corrected chi connectivity index (χ0v) is 17.6. The van der Waals surface area contributed by atoms with Crippen LogP contribution in [0.1, 0.15) is 41.2 Å². The number of fused-ring (bicyclic) bond motifs is 1. The molecule has 0 bridgehead atoms. The molecule has 6 heteroatoms. The maximum absolute atomic E-state index is 13.0. The summed E-state index contributed by atoms with van der Waals surface area (Å²) < 4.78 is 18.5. The number of rotatable bonds is 7. The van der Waals surface area contributed by atoms with Crippen LogP contribution in [0.3, 0.4) is 0 Å². The zero-order chi connectivity index (χ0) is 21.8. The molecule has 2 aromatic rings. The highest BCUT2D eigenvalue weighted by Gasteiger charge is 2.30. The average molecular weight is 413 g/mol. The normalized spacial score (nSPS) is 16.5. The molecule has 0 fully saturated rings. The quantitative estimate of drug-likeness (QED) is 0.720. The van der Waals surface area contributed by atoms with Crippen molar-refractivity contribution in [2.45, 2.75) is 46.6 Å². The Balaban J connectivity index is 1.68. The van der Waals surface area contributed by atoms with Crippen molar-refractivity contribution in [3.63, 3.8) is 0 Å². The summed E-state index contributed by atoms with van der Waals surface area (Å²) in [5.41, 5.74) is 5.37. The number of ether oxygens (including phenoxy) is 1. The van der Waals surface area contributed by atoms with Gasteiger partial charge < -0.3 is 15.2 Å². The molecule has 0 saturated carbocycles. The summed E-state index contributed by atoms with van der Waals surface area (Å²) in [6.45, 7) is 5.92. The number of carbonyl (C=O) groups is 2. The minimum Gasteiger partial charge on any atom is -0.482 e. The van der Waals surface area contributed by atoms with Crippen LogP contribution in [0.25, 0.3) is 0 Å². The molecule has 2 N–H and O–H groups in total. The van der Waals surface area contributed by atoms with Gasteiger partial charge in [0.2, 0.25) is 5.91 Å². The topological polar surface area (TPSA) is 75.6 Å². The average Bonchev–Trinajstić information content (AvgIpc) is 2.73. The van der Waals surface area contributed by atoms with E-state index in [2.05, 4.69) is 5.32 Å². The highest BCUT2D eigenvalue weighted by Crippen LogP contribution is 2.37. The van der Waals surface area contributed by atoms with E-state index in [0.717, 1.165) is 36.0 Å². The number of amides is 1. The maximum atomic E-state index is 13.0. The van der Waals surface area contributed by atoms with Crippen LogP contribution < -0.4 is 10.1 Å². The molecule has 1 amide bonds. The molecule has 160 valence electrons. The highest BCUT2D eigenvalue weighted by atomic mass is 19.1. The van der Waals surface area contributed by atoms with Crippen molar-refractivity contribution in [1.82, 2.24) is 5.32 Å². The fraction of sp³-hybridized carbons (Fsp3) is 0.417. The lowest BCUT2D eigenvalue weighted by Gasteiger charge is -2.31. The van der Waals surface area contributed by atoms with Gasteiger partial charge in [0.25, 0.3) is 0 Å². The van der Waals surface area contributed by atoms with E-state index in [4.69, 9.17) is 9.84 Å². The van der Waals surface area contributed by atoms with Crippen LogP contribution in [0.15, 0.2) is 30.3 Å². The first kappa shape index (κ1) is 21.8. The second kappa shape index (κ2) is 9.28. The summed E-state index contributed by atoms with van der Waals surface area (Å²) in [4.78, 5) is 23.6. The predicted molar refractivity (Wildman–Crippen MR) is 112 cm³/mol. The van der Waals surface area contributed by atoms with Gasteiger partial charge in [-0.25, -0.2) is 9.18 Å². The number of aryl methyl sites for hydroxylation is 1. The van der Waals surface area contributed by atoms with E-state index in [1.807, 2.05) is 26.8 Å². The van der Waals surface area contributed by atoms with E-state index < -0.39 is 5.97 Å². The monoisotopic (exact) mass is 413 g/mol. The number of carboxylic acid groups (broad SMARTS) is 1. The first-order valence-electron chi connectivity index (χ1n) is 10.2. The van der Waals surface area contributed by atoms with Crippen molar-refractivity contribution in [2.24, 2.45) is 11.8 Å². The molecule has 2 aromatic carbocycles. The van der Waals surface area contributed by atoms with E-state index in [1.54, 1.807) is 12.1 Å². The fourth-order valence-electron chi connectivity index (χ4n) is 4.21. The summed E-state index contributed by atoms with van der Waals surface area (Å²) in [7, 11) is 0. The minimum absolute atomic E-state index is 0.0135. The van der Waals surface area contributed by atoms with Gasteiger partial charge >= 0.3 is 5.97 Å². The molecule has 0 radical (unpaired) electrons. The lowest BCUT2D eigenvalue weighted by Crippen LogP contribution is -2.35. The Morgan fingerprint density at radius 2 is 1.93 bits per heavy atom. The minimum atomic E-state index is -1.01. The zero-order valence-electron chi connectivity index (χ0n) is 17.6. The third-order valence-corrected chi connectivity index (χ3v) is 6.09. The lowest BCUT2D eigenvalue weighted by molar-refractivity contribution is -0.139. The summed E-state index contributed by atoms with van der Waals surface area (Å²) in [6.07, 6.45) is 2.58. The molecule has 0 heterocycles. The van der Waals surface area contributed by atoms with Crippen LogP contribution in [-0.2, 0) is 29.0 Å². The third-order valence-electron chi connectivity index (χ3n) is 6.09. The second-order valence-electron chi connectivity index (χ2n) is 8.09. The summed E-state index contributed by atoms with van der Waals surface area (Å²) in [5.74, 6) is -0.686. The number of hydrogen-bond donors (Lipinski definition) is 2. The van der Waals surface area contributed by atoms with E-state index in [0.29, 0.717) is 12.3 Å². The van der Waals surface area contributed by atoms with Gasteiger partial charge in [-0.05, 0) is 85.0 Å². The molecule has 0 spiro atoms. The van der Waals surface area contributed by atoms with Crippen LogP contribution in [0, 0.1) is 31.5 Å². The fourth-order valence-corrected chi connectivity index (χ4v) is 4.21. The molecular formula is C24H28FNO4. The molecule has 0 unspecified atom stereocenters. The Morgan fingerprint density at radius 3 is 2.60 bits per heavy atom. The van der Waals surface area contributed by atoms with Crippen LogP contribution in [0.5, 0.6) is 5.75 Å². The Kier molecular flexibility index (Phi) is 6.75. The molecule has 2 atom stereocenters. The first-order chi connectivity index (χ1) is 14.3. The van der Waals surface area contributed by atoms with Crippen molar-refractivity contribution in [2.75, 3.05) is 6.61 Å². The number of carbonyl (C=O) groups excluding carboxylic acids is 1. The maximum Gasteiger partial charge on any atom is 0.341 e. The Bertz CT molecular complexity index is 939. The number of aliphatic carboxylic acids is 1. The van der Waals surface area contributed by atoms with E-state index in [1.165, 1.54) is 23.3 Å². The molecule has 5 nitrogen and oxygen atoms in total. The van der Waals surface area contributed by atoms with Crippen molar-refractivity contribution in [1.29, 1.82) is 0 Å². The Labute approximate surface area is 176 Å². The summed E-state index contributed by atoms with van der Waals surface area (Å²) >= 11 is 0. The highest BCUT2D eigenvalue weighted by molar-refractivity contribution is 5.78. The number of halogens is 1. The van der Waals surface area contributed by atoms with E-state index in [9.17, 15) is 14.0 Å². The van der Waals surface area contributed by atoms with Crippen molar-refractivity contribution in [3.8, 4) is 5.75 Å². The van der Waals surface area contributed by atoms with Gasteiger partial charge in [0.15, 0.2) is 6.61 Å². The lowest BCUT2D eigenvalue weighted by atomic mass is 9.74. The molecule has 0 aliphatic heterocycles. The smallest absolute Gasteiger partial charge is 0.341 e. The van der Waals surface area contributed by atoms with Crippen molar-refractivity contribution < 1.29 is 23.8 Å². The SMILES string of the molecule is Cc1cc(OCC(=O)O)c(C)c2c1CC[C@@H]([C@H](C)C(=O)NCc1ccc(F)cc1)C2. The Hall–Kier alpha value is -2.89. The summed E-state index contributed by atoms with van der Waals surface area (Å²) in [6, 6.07) is 8.02. The van der Waals surface area contributed by atoms with Crippen LogP contribution in [0.2, 0.25) is 0 Å². The number of hydrogen-bond acceptors (Lipinski definition) is 3. The van der Waals surface area contributed by atoms with Crippen LogP contribution >= 0.6 is 0 Å². The van der Waals surface area contributed by atoms with Crippen molar-refractivity contribution >= 4 is 11.9 Å². The molecule has 1 aliphatic carbocycles. The van der Waals surface area contributed by atoms with Gasteiger partial charge in [0.05, 0.1) is 0 Å². The van der Waals surface area contributed by atoms with Gasteiger partial charge in [-0.3, -0.25) is 4.79 Å². The largest absolute Gasteiger partial charge is 0.482 e. The number of nitrogens with one attached hydrogen (secondary N) is 1. The van der Waals surface area contributed by atoms with Crippen molar-refractivity contribution in [3.05, 3.63) is 64.0 Å². The third kappa shape index (κ3) is 4.99. The molecule has 0 aromatic heterocycles. The van der Waals surface area contributed by atoms with Gasteiger partial charge in [-0.2, -0.15) is 0 Å². The van der Waals surface area contributed by atoms with Crippen LogP contribution in [-0.4, -0.2) is 23.6 Å². The molecule has 30 heavy (non-hydrogen) atoms. The van der Waals surface area contributed by atoms with Gasteiger partial charge in [-0.15, -0.1) is 0 Å². The van der Waals surface area contributed by atoms with E-state index >= 15 is 0 Å². The predicted octanol–water partition coefficient (Wildman–Crippen LogP) is 3.96. The Morgan fingerprint density at radius 1 is 1.23 bits per heavy atom. The number of carboxylic acids is 1. The van der Waals surface area contributed by atoms with Gasteiger partial charge in [0, 0.05) is 12.5 Å². The molecule has 1 aliphatic rings. The first-order valence-corrected chi connectivity index (χ1v) is 10.2. The molecule has 3 rings (SSSR count). The number of benzene rings is 2.